The lowest BCUT2D eigenvalue weighted by molar-refractivity contribution is -0.165. The third kappa shape index (κ3) is 6.88. The van der Waals surface area contributed by atoms with E-state index < -0.39 is 23.8 Å². The molecule has 0 saturated carbocycles. The van der Waals surface area contributed by atoms with Crippen molar-refractivity contribution >= 4 is 18.2 Å². The highest BCUT2D eigenvalue weighted by atomic mass is 16.6. The summed E-state index contributed by atoms with van der Waals surface area (Å²) in [6.07, 6.45) is 1.58. The number of aldehydes is 1. The fourth-order valence-electron chi connectivity index (χ4n) is 3.63. The Morgan fingerprint density at radius 2 is 1.21 bits per heavy atom. The second-order valence-electron chi connectivity index (χ2n) is 7.77. The van der Waals surface area contributed by atoms with Crippen molar-refractivity contribution in [3.63, 3.8) is 0 Å². The molecular formula is C28H28O5. The summed E-state index contributed by atoms with van der Waals surface area (Å²) >= 11 is 0. The summed E-state index contributed by atoms with van der Waals surface area (Å²) in [5, 5.41) is 0. The molecule has 33 heavy (non-hydrogen) atoms. The van der Waals surface area contributed by atoms with Gasteiger partial charge in [-0.05, 0) is 28.7 Å². The Balaban J connectivity index is 1.84. The second-order valence-corrected chi connectivity index (χ2v) is 7.77. The van der Waals surface area contributed by atoms with Crippen LogP contribution in [0.2, 0.25) is 0 Å². The van der Waals surface area contributed by atoms with Crippen LogP contribution >= 0.6 is 0 Å². The zero-order valence-electron chi connectivity index (χ0n) is 18.7. The average Bonchev–Trinajstić information content (AvgIpc) is 2.87. The monoisotopic (exact) mass is 444 g/mol. The molecule has 5 heteroatoms. The number of hydrogen-bond donors (Lipinski definition) is 0. The molecule has 3 aromatic carbocycles. The first-order valence-electron chi connectivity index (χ1n) is 11.1. The van der Waals surface area contributed by atoms with Crippen LogP contribution in [0.15, 0.2) is 84.9 Å². The number of aryl methyl sites for hydroxylation is 1. The van der Waals surface area contributed by atoms with Gasteiger partial charge in [0.25, 0.3) is 0 Å². The molecule has 0 radical (unpaired) electrons. The minimum Gasteiger partial charge on any atom is -0.460 e. The molecule has 0 fully saturated rings. The standard InChI is InChI=1S/C28H28O5/c1-2-21-13-15-24(16-14-21)25(17-18-29)26(27(30)32-19-22-9-5-3-6-10-22)28(31)33-20-23-11-7-4-8-12-23/h3-16,18,25-26H,2,17,19-20H2,1H3/t25-/m0/s1. The van der Waals surface area contributed by atoms with Gasteiger partial charge >= 0.3 is 11.9 Å². The summed E-state index contributed by atoms with van der Waals surface area (Å²) < 4.78 is 11.0. The lowest BCUT2D eigenvalue weighted by atomic mass is 9.83. The van der Waals surface area contributed by atoms with E-state index >= 15 is 0 Å². The van der Waals surface area contributed by atoms with Crippen molar-refractivity contribution in [3.8, 4) is 0 Å². The van der Waals surface area contributed by atoms with Gasteiger partial charge in [0, 0.05) is 12.3 Å². The molecular weight excluding hydrogens is 416 g/mol. The van der Waals surface area contributed by atoms with Gasteiger partial charge in [0.1, 0.15) is 19.5 Å². The van der Waals surface area contributed by atoms with Crippen LogP contribution in [0.3, 0.4) is 0 Å². The first-order valence-corrected chi connectivity index (χ1v) is 11.1. The van der Waals surface area contributed by atoms with Gasteiger partial charge in [0.15, 0.2) is 5.92 Å². The Labute approximate surface area is 194 Å². The molecule has 0 unspecified atom stereocenters. The summed E-state index contributed by atoms with van der Waals surface area (Å²) in [5.74, 6) is -3.35. The highest BCUT2D eigenvalue weighted by Gasteiger charge is 2.38. The Hall–Kier alpha value is -3.73. The molecule has 0 aliphatic heterocycles. The third-order valence-corrected chi connectivity index (χ3v) is 5.52. The SMILES string of the molecule is CCc1ccc([C@H](CC=O)C(C(=O)OCc2ccccc2)C(=O)OCc2ccccc2)cc1. The fraction of sp³-hybridized carbons (Fsp3) is 0.250. The maximum Gasteiger partial charge on any atom is 0.321 e. The van der Waals surface area contributed by atoms with Crippen LogP contribution in [0.25, 0.3) is 0 Å². The molecule has 0 saturated heterocycles. The van der Waals surface area contributed by atoms with E-state index in [1.165, 1.54) is 0 Å². The van der Waals surface area contributed by atoms with Crippen LogP contribution in [-0.2, 0) is 43.5 Å². The Morgan fingerprint density at radius 3 is 1.64 bits per heavy atom. The fourth-order valence-corrected chi connectivity index (χ4v) is 3.63. The average molecular weight is 445 g/mol. The summed E-state index contributed by atoms with van der Waals surface area (Å²) in [6, 6.07) is 26.1. The molecule has 0 N–H and O–H groups in total. The highest BCUT2D eigenvalue weighted by molar-refractivity contribution is 5.96. The van der Waals surface area contributed by atoms with E-state index in [2.05, 4.69) is 0 Å². The number of esters is 2. The predicted octanol–water partition coefficient (Wildman–Crippen LogP) is 5.02. The van der Waals surface area contributed by atoms with Gasteiger partial charge in [0.05, 0.1) is 0 Å². The second kappa shape index (κ2) is 12.3. The largest absolute Gasteiger partial charge is 0.460 e. The number of ether oxygens (including phenoxy) is 2. The van der Waals surface area contributed by atoms with E-state index in [9.17, 15) is 14.4 Å². The normalized spacial score (nSPS) is 11.6. The van der Waals surface area contributed by atoms with Crippen molar-refractivity contribution in [3.05, 3.63) is 107 Å². The van der Waals surface area contributed by atoms with E-state index in [1.807, 2.05) is 91.9 Å². The zero-order chi connectivity index (χ0) is 23.5. The van der Waals surface area contributed by atoms with Gasteiger partial charge in [0.2, 0.25) is 0 Å². The van der Waals surface area contributed by atoms with Crippen LogP contribution in [0.1, 0.15) is 41.5 Å². The van der Waals surface area contributed by atoms with Crippen molar-refractivity contribution in [2.24, 2.45) is 5.92 Å². The number of carbonyl (C=O) groups is 3. The van der Waals surface area contributed by atoms with E-state index in [1.54, 1.807) is 0 Å². The van der Waals surface area contributed by atoms with E-state index in [4.69, 9.17) is 9.47 Å². The van der Waals surface area contributed by atoms with Gasteiger partial charge in [-0.1, -0.05) is 91.9 Å². The van der Waals surface area contributed by atoms with E-state index in [0.717, 1.165) is 35.0 Å². The van der Waals surface area contributed by atoms with Gasteiger partial charge in [-0.2, -0.15) is 0 Å². The van der Waals surface area contributed by atoms with Crippen molar-refractivity contribution < 1.29 is 23.9 Å². The molecule has 0 aliphatic rings. The predicted molar refractivity (Wildman–Crippen MR) is 125 cm³/mol. The summed E-state index contributed by atoms with van der Waals surface area (Å²) in [6.45, 7) is 2.11. The van der Waals surface area contributed by atoms with Gasteiger partial charge in [-0.3, -0.25) is 9.59 Å². The Bertz CT molecular complexity index is 973. The topological polar surface area (TPSA) is 69.7 Å². The Kier molecular flexibility index (Phi) is 8.95. The highest BCUT2D eigenvalue weighted by Crippen LogP contribution is 2.31. The molecule has 0 bridgehead atoms. The zero-order valence-corrected chi connectivity index (χ0v) is 18.7. The lowest BCUT2D eigenvalue weighted by Crippen LogP contribution is -2.33. The van der Waals surface area contributed by atoms with Gasteiger partial charge < -0.3 is 14.3 Å². The maximum atomic E-state index is 13.1. The number of benzene rings is 3. The summed E-state index contributed by atoms with van der Waals surface area (Å²) in [7, 11) is 0. The molecule has 0 heterocycles. The van der Waals surface area contributed by atoms with Crippen molar-refractivity contribution in [1.82, 2.24) is 0 Å². The molecule has 5 nitrogen and oxygen atoms in total. The van der Waals surface area contributed by atoms with E-state index in [0.29, 0.717) is 0 Å². The van der Waals surface area contributed by atoms with Crippen LogP contribution < -0.4 is 0 Å². The van der Waals surface area contributed by atoms with Crippen molar-refractivity contribution in [1.29, 1.82) is 0 Å². The van der Waals surface area contributed by atoms with Crippen molar-refractivity contribution in [2.75, 3.05) is 0 Å². The molecule has 0 spiro atoms. The van der Waals surface area contributed by atoms with Crippen molar-refractivity contribution in [2.45, 2.75) is 38.9 Å². The lowest BCUT2D eigenvalue weighted by Gasteiger charge is -2.24. The minimum absolute atomic E-state index is 0.00296. The van der Waals surface area contributed by atoms with E-state index in [-0.39, 0.29) is 19.6 Å². The number of carbonyl (C=O) groups excluding carboxylic acids is 3. The third-order valence-electron chi connectivity index (χ3n) is 5.52. The first kappa shape index (κ1) is 23.9. The smallest absolute Gasteiger partial charge is 0.321 e. The molecule has 3 rings (SSSR count). The first-order chi connectivity index (χ1) is 16.1. The summed E-state index contributed by atoms with van der Waals surface area (Å²) in [5.41, 5.74) is 3.46. The molecule has 3 aromatic rings. The van der Waals surface area contributed by atoms with Crippen LogP contribution in [-0.4, -0.2) is 18.2 Å². The van der Waals surface area contributed by atoms with Gasteiger partial charge in [-0.25, -0.2) is 0 Å². The summed E-state index contributed by atoms with van der Waals surface area (Å²) in [4.78, 5) is 37.8. The molecule has 0 aliphatic carbocycles. The minimum atomic E-state index is -1.25. The molecule has 1 atom stereocenters. The maximum absolute atomic E-state index is 13.1. The molecule has 0 aromatic heterocycles. The molecule has 0 amide bonds. The van der Waals surface area contributed by atoms with Crippen LogP contribution in [0, 0.1) is 5.92 Å². The van der Waals surface area contributed by atoms with Gasteiger partial charge in [-0.15, -0.1) is 0 Å². The van der Waals surface area contributed by atoms with Crippen LogP contribution in [0.5, 0.6) is 0 Å². The molecule has 170 valence electrons. The number of hydrogen-bond acceptors (Lipinski definition) is 5. The van der Waals surface area contributed by atoms with Crippen LogP contribution in [0.4, 0.5) is 0 Å². The number of rotatable bonds is 11. The Morgan fingerprint density at radius 1 is 0.727 bits per heavy atom. The quantitative estimate of drug-likeness (QED) is 0.236.